The Morgan fingerprint density at radius 3 is 2.53 bits per heavy atom. The molecule has 6 rings (SSSR count). The van der Waals surface area contributed by atoms with E-state index in [9.17, 15) is 22.8 Å². The van der Waals surface area contributed by atoms with Crippen molar-refractivity contribution in [2.75, 3.05) is 6.79 Å². The monoisotopic (exact) mass is 649 g/mol. The van der Waals surface area contributed by atoms with Crippen LogP contribution in [0, 0.1) is 0 Å². The second-order valence-electron chi connectivity index (χ2n) is 9.31. The number of hydrogen-bond donors (Lipinski definition) is 2. The van der Waals surface area contributed by atoms with Crippen LogP contribution in [0.3, 0.4) is 0 Å². The first kappa shape index (κ1) is 28.0. The van der Waals surface area contributed by atoms with Gasteiger partial charge in [-0.2, -0.15) is 18.3 Å². The Morgan fingerprint density at radius 1 is 0.953 bits per heavy atom. The van der Waals surface area contributed by atoms with E-state index < -0.39 is 23.6 Å². The van der Waals surface area contributed by atoms with Crippen LogP contribution in [0.5, 0.6) is 17.2 Å². The van der Waals surface area contributed by atoms with Gasteiger partial charge in [-0.25, -0.2) is 10.2 Å². The molecule has 0 spiro atoms. The third-order valence-electron chi connectivity index (χ3n) is 6.58. The number of hydrogen-bond acceptors (Lipinski definition) is 6. The van der Waals surface area contributed by atoms with Gasteiger partial charge in [-0.1, -0.05) is 58.4 Å². The lowest BCUT2D eigenvalue weighted by atomic mass is 10.0. The number of benzene rings is 4. The molecule has 0 atom stereocenters. The lowest BCUT2D eigenvalue weighted by Crippen LogP contribution is -2.19. The van der Waals surface area contributed by atoms with Crippen molar-refractivity contribution in [1.82, 2.24) is 10.4 Å². The predicted octanol–water partition coefficient (Wildman–Crippen LogP) is 7.33. The number of rotatable bonds is 6. The average Bonchev–Trinajstić information content (AvgIpc) is 3.62. The van der Waals surface area contributed by atoms with Crippen molar-refractivity contribution in [2.45, 2.75) is 6.18 Å². The summed E-state index contributed by atoms with van der Waals surface area (Å²) in [6, 6.07) is 21.8. The van der Waals surface area contributed by atoms with Gasteiger partial charge in [-0.05, 0) is 48.0 Å². The number of fused-ring (bicyclic) bond motifs is 2. The van der Waals surface area contributed by atoms with E-state index in [0.717, 1.165) is 6.07 Å². The average molecular weight is 650 g/mol. The van der Waals surface area contributed by atoms with Crippen LogP contribution in [0.2, 0.25) is 0 Å². The Kier molecular flexibility index (Phi) is 7.36. The number of aromatic nitrogens is 1. The number of esters is 1. The molecule has 43 heavy (non-hydrogen) atoms. The van der Waals surface area contributed by atoms with Gasteiger partial charge >= 0.3 is 12.1 Å². The first-order chi connectivity index (χ1) is 20.7. The number of aromatic amines is 1. The van der Waals surface area contributed by atoms with E-state index in [2.05, 4.69) is 31.4 Å². The number of amides is 1. The Labute approximate surface area is 250 Å². The molecule has 2 heterocycles. The zero-order chi connectivity index (χ0) is 30.1. The zero-order valence-electron chi connectivity index (χ0n) is 21.9. The number of carbonyl (C=O) groups is 2. The maximum absolute atomic E-state index is 13.8. The normalized spacial score (nSPS) is 12.6. The fraction of sp³-hybridized carbons (Fsp3) is 0.0645. The number of para-hydroxylation sites is 1. The minimum atomic E-state index is -4.64. The van der Waals surface area contributed by atoms with E-state index in [1.54, 1.807) is 54.6 Å². The molecular formula is C31H19BrF3N3O5. The third kappa shape index (κ3) is 5.69. The highest BCUT2D eigenvalue weighted by molar-refractivity contribution is 9.10. The predicted molar refractivity (Wildman–Crippen MR) is 155 cm³/mol. The van der Waals surface area contributed by atoms with Gasteiger partial charge in [0.1, 0.15) is 11.4 Å². The van der Waals surface area contributed by atoms with Crippen LogP contribution in [0.25, 0.3) is 22.0 Å². The number of alkyl halides is 3. The van der Waals surface area contributed by atoms with Crippen LogP contribution in [0.1, 0.15) is 32.0 Å². The summed E-state index contributed by atoms with van der Waals surface area (Å²) in [5.41, 5.74) is 2.58. The summed E-state index contributed by atoms with van der Waals surface area (Å²) in [7, 11) is 0. The SMILES string of the molecule is O=C(Oc1ccc(Br)cc1C=NNC(=O)c1[nH]c2c(C(F)(F)F)cccc2c1-c1ccccc1)c1ccc2c(c1)OCO2. The summed E-state index contributed by atoms with van der Waals surface area (Å²) < 4.78 is 58.2. The first-order valence-electron chi connectivity index (χ1n) is 12.7. The largest absolute Gasteiger partial charge is 0.454 e. The third-order valence-corrected chi connectivity index (χ3v) is 7.07. The summed E-state index contributed by atoms with van der Waals surface area (Å²) >= 11 is 3.36. The van der Waals surface area contributed by atoms with Crippen molar-refractivity contribution in [3.05, 3.63) is 112 Å². The van der Waals surface area contributed by atoms with E-state index in [4.69, 9.17) is 14.2 Å². The summed E-state index contributed by atoms with van der Waals surface area (Å²) in [6.45, 7) is 0.0573. The van der Waals surface area contributed by atoms with Gasteiger partial charge in [0.15, 0.2) is 11.5 Å². The number of halogens is 4. The molecule has 0 aliphatic carbocycles. The topological polar surface area (TPSA) is 102 Å². The molecule has 5 aromatic rings. The van der Waals surface area contributed by atoms with E-state index in [1.165, 1.54) is 30.5 Å². The molecule has 0 saturated carbocycles. The van der Waals surface area contributed by atoms with Gasteiger partial charge in [0.2, 0.25) is 6.79 Å². The van der Waals surface area contributed by atoms with Gasteiger partial charge in [0.05, 0.1) is 22.9 Å². The van der Waals surface area contributed by atoms with Crippen LogP contribution in [-0.4, -0.2) is 29.9 Å². The van der Waals surface area contributed by atoms with E-state index in [-0.39, 0.29) is 34.7 Å². The summed E-state index contributed by atoms with van der Waals surface area (Å²) in [4.78, 5) is 28.8. The Morgan fingerprint density at radius 2 is 1.74 bits per heavy atom. The molecule has 1 aliphatic heterocycles. The highest BCUT2D eigenvalue weighted by Crippen LogP contribution is 2.40. The van der Waals surface area contributed by atoms with Gasteiger partial charge in [0.25, 0.3) is 5.91 Å². The molecule has 0 saturated heterocycles. The number of ether oxygens (including phenoxy) is 3. The number of hydrazone groups is 1. The van der Waals surface area contributed by atoms with Crippen molar-refractivity contribution in [3.8, 4) is 28.4 Å². The fourth-order valence-corrected chi connectivity index (χ4v) is 5.02. The lowest BCUT2D eigenvalue weighted by Gasteiger charge is -2.09. The van der Waals surface area contributed by atoms with E-state index in [0.29, 0.717) is 32.7 Å². The fourth-order valence-electron chi connectivity index (χ4n) is 4.64. The van der Waals surface area contributed by atoms with Crippen molar-refractivity contribution in [1.29, 1.82) is 0 Å². The Hall–Kier alpha value is -5.10. The molecule has 0 unspecified atom stereocenters. The number of nitrogens with zero attached hydrogens (tertiary/aromatic N) is 1. The molecule has 2 N–H and O–H groups in total. The second kappa shape index (κ2) is 11.3. The molecular weight excluding hydrogens is 631 g/mol. The molecule has 4 aromatic carbocycles. The van der Waals surface area contributed by atoms with E-state index >= 15 is 0 Å². The Bertz CT molecular complexity index is 1900. The van der Waals surface area contributed by atoms with Gasteiger partial charge in [0, 0.05) is 21.0 Å². The van der Waals surface area contributed by atoms with Gasteiger partial charge < -0.3 is 19.2 Å². The first-order valence-corrected chi connectivity index (χ1v) is 13.5. The molecule has 8 nitrogen and oxygen atoms in total. The number of carbonyl (C=O) groups excluding carboxylic acids is 2. The van der Waals surface area contributed by atoms with Crippen molar-refractivity contribution >= 4 is 44.9 Å². The maximum atomic E-state index is 13.8. The zero-order valence-corrected chi connectivity index (χ0v) is 23.5. The number of nitrogens with one attached hydrogen (secondary N) is 2. The van der Waals surface area contributed by atoms with Crippen molar-refractivity contribution in [3.63, 3.8) is 0 Å². The maximum Gasteiger partial charge on any atom is 0.418 e. The minimum Gasteiger partial charge on any atom is -0.454 e. The molecule has 1 aliphatic rings. The standard InChI is InChI=1S/C31H19BrF3N3O5/c32-20-10-12-23(43-30(40)18-9-11-24-25(14-18)42-16-41-24)19(13-20)15-36-38-29(39)28-26(17-5-2-1-3-6-17)21-7-4-8-22(27(21)37-28)31(33,34)35/h1-15,37H,16H2,(H,38,39). The van der Waals surface area contributed by atoms with E-state index in [1.807, 2.05) is 0 Å². The number of H-pyrrole nitrogens is 1. The van der Waals surface area contributed by atoms with Crippen LogP contribution >= 0.6 is 15.9 Å². The molecule has 12 heteroatoms. The minimum absolute atomic E-state index is 0.0573. The summed E-state index contributed by atoms with van der Waals surface area (Å²) in [5.74, 6) is -0.347. The lowest BCUT2D eigenvalue weighted by molar-refractivity contribution is -0.136. The highest BCUT2D eigenvalue weighted by Gasteiger charge is 2.34. The molecule has 0 radical (unpaired) electrons. The second-order valence-corrected chi connectivity index (χ2v) is 10.2. The summed E-state index contributed by atoms with van der Waals surface area (Å²) in [6.07, 6.45) is -3.38. The Balaban J connectivity index is 1.28. The van der Waals surface area contributed by atoms with Crippen LogP contribution in [0.15, 0.2) is 94.5 Å². The van der Waals surface area contributed by atoms with Crippen LogP contribution in [-0.2, 0) is 6.18 Å². The highest BCUT2D eigenvalue weighted by atomic mass is 79.9. The van der Waals surface area contributed by atoms with Gasteiger partial charge in [-0.15, -0.1) is 0 Å². The summed E-state index contributed by atoms with van der Waals surface area (Å²) in [5, 5.41) is 4.24. The molecule has 1 aromatic heterocycles. The smallest absolute Gasteiger partial charge is 0.418 e. The van der Waals surface area contributed by atoms with Crippen LogP contribution < -0.4 is 19.6 Å². The van der Waals surface area contributed by atoms with Crippen LogP contribution in [0.4, 0.5) is 13.2 Å². The van der Waals surface area contributed by atoms with Gasteiger partial charge in [-0.3, -0.25) is 4.79 Å². The molecule has 1 amide bonds. The molecule has 0 fully saturated rings. The molecule has 0 bridgehead atoms. The van der Waals surface area contributed by atoms with Crippen molar-refractivity contribution in [2.24, 2.45) is 5.10 Å². The quantitative estimate of drug-likeness (QED) is 0.0868. The van der Waals surface area contributed by atoms with Crippen molar-refractivity contribution < 1.29 is 37.0 Å². The molecule has 216 valence electrons.